The van der Waals surface area contributed by atoms with Crippen LogP contribution in [0, 0.1) is 19.8 Å². The van der Waals surface area contributed by atoms with Gasteiger partial charge in [0.1, 0.15) is 0 Å². The van der Waals surface area contributed by atoms with E-state index in [-0.39, 0.29) is 18.4 Å². The molecule has 21 heavy (non-hydrogen) atoms. The Morgan fingerprint density at radius 2 is 1.76 bits per heavy atom. The van der Waals surface area contributed by atoms with Gasteiger partial charge in [-0.05, 0) is 49.9 Å². The van der Waals surface area contributed by atoms with Gasteiger partial charge in [0, 0.05) is 18.8 Å². The van der Waals surface area contributed by atoms with Crippen molar-refractivity contribution in [2.75, 3.05) is 25.0 Å². The maximum atomic E-state index is 12.1. The smallest absolute Gasteiger partial charge is 0.306 e. The zero-order valence-corrected chi connectivity index (χ0v) is 12.6. The van der Waals surface area contributed by atoms with Gasteiger partial charge in [0.25, 0.3) is 0 Å². The molecule has 1 amide bonds. The summed E-state index contributed by atoms with van der Waals surface area (Å²) < 4.78 is 0. The van der Waals surface area contributed by atoms with E-state index in [4.69, 9.17) is 5.11 Å². The topological polar surface area (TPSA) is 69.6 Å². The summed E-state index contributed by atoms with van der Waals surface area (Å²) in [6.07, 6.45) is 1.09. The van der Waals surface area contributed by atoms with Crippen molar-refractivity contribution in [1.29, 1.82) is 0 Å². The summed E-state index contributed by atoms with van der Waals surface area (Å²) >= 11 is 0. The van der Waals surface area contributed by atoms with Crippen molar-refractivity contribution >= 4 is 17.6 Å². The second kappa shape index (κ2) is 6.61. The number of carbonyl (C=O) groups is 2. The van der Waals surface area contributed by atoms with E-state index in [1.807, 2.05) is 26.0 Å². The molecular formula is C16H22N2O3. The van der Waals surface area contributed by atoms with Gasteiger partial charge in [0.15, 0.2) is 0 Å². The molecule has 1 fully saturated rings. The van der Waals surface area contributed by atoms with E-state index < -0.39 is 5.97 Å². The van der Waals surface area contributed by atoms with Crippen LogP contribution in [0.4, 0.5) is 5.69 Å². The molecule has 114 valence electrons. The maximum absolute atomic E-state index is 12.1. The number of nitrogens with one attached hydrogen (secondary N) is 1. The number of carboxylic acid groups (broad SMARTS) is 1. The molecule has 0 atom stereocenters. The van der Waals surface area contributed by atoms with E-state index in [1.165, 1.54) is 0 Å². The van der Waals surface area contributed by atoms with Crippen LogP contribution in [-0.2, 0) is 9.59 Å². The Kier molecular flexibility index (Phi) is 4.83. The Hall–Kier alpha value is -2.04. The summed E-state index contributed by atoms with van der Waals surface area (Å²) in [7, 11) is 0. The zero-order valence-electron chi connectivity index (χ0n) is 12.6. The average molecular weight is 290 g/mol. The number of aliphatic carboxylic acids is 1. The molecule has 1 heterocycles. The van der Waals surface area contributed by atoms with E-state index in [0.29, 0.717) is 25.9 Å². The lowest BCUT2D eigenvalue weighted by atomic mass is 9.97. The van der Waals surface area contributed by atoms with Crippen molar-refractivity contribution in [1.82, 2.24) is 4.90 Å². The predicted octanol–water partition coefficient (Wildman–Crippen LogP) is 2.04. The minimum absolute atomic E-state index is 0.0259. The van der Waals surface area contributed by atoms with E-state index in [0.717, 1.165) is 16.8 Å². The normalized spacial score (nSPS) is 15.8. The number of amides is 1. The highest BCUT2D eigenvalue weighted by atomic mass is 16.4. The Labute approximate surface area is 125 Å². The van der Waals surface area contributed by atoms with E-state index >= 15 is 0 Å². The number of anilines is 1. The SMILES string of the molecule is Cc1cc(C)cc(NCC(=O)N2CCC(C(=O)O)CC2)c1. The van der Waals surface area contributed by atoms with Crippen LogP contribution >= 0.6 is 0 Å². The van der Waals surface area contributed by atoms with Crippen LogP contribution in [0.2, 0.25) is 0 Å². The number of piperidine rings is 1. The second-order valence-corrected chi connectivity index (χ2v) is 5.72. The Morgan fingerprint density at radius 1 is 1.19 bits per heavy atom. The van der Waals surface area contributed by atoms with Gasteiger partial charge >= 0.3 is 5.97 Å². The van der Waals surface area contributed by atoms with Crippen molar-refractivity contribution < 1.29 is 14.7 Å². The molecule has 0 radical (unpaired) electrons. The van der Waals surface area contributed by atoms with E-state index in [1.54, 1.807) is 4.90 Å². The van der Waals surface area contributed by atoms with Gasteiger partial charge in [-0.25, -0.2) is 0 Å². The van der Waals surface area contributed by atoms with Gasteiger partial charge in [-0.15, -0.1) is 0 Å². The molecule has 1 aliphatic rings. The van der Waals surface area contributed by atoms with Gasteiger partial charge in [0.2, 0.25) is 5.91 Å². The fourth-order valence-electron chi connectivity index (χ4n) is 2.74. The van der Waals surface area contributed by atoms with Crippen molar-refractivity contribution in [3.05, 3.63) is 29.3 Å². The highest BCUT2D eigenvalue weighted by Gasteiger charge is 2.26. The van der Waals surface area contributed by atoms with Crippen LogP contribution in [0.25, 0.3) is 0 Å². The lowest BCUT2D eigenvalue weighted by Crippen LogP contribution is -2.42. The average Bonchev–Trinajstić information content (AvgIpc) is 2.44. The second-order valence-electron chi connectivity index (χ2n) is 5.72. The standard InChI is InChI=1S/C16H22N2O3/c1-11-7-12(2)9-14(8-11)17-10-15(19)18-5-3-13(4-6-18)16(20)21/h7-9,13,17H,3-6,10H2,1-2H3,(H,20,21). The number of carbonyl (C=O) groups excluding carboxylic acids is 1. The van der Waals surface area contributed by atoms with Crippen LogP contribution in [0.1, 0.15) is 24.0 Å². The van der Waals surface area contributed by atoms with Gasteiger partial charge in [-0.1, -0.05) is 6.07 Å². The molecule has 1 aliphatic heterocycles. The molecule has 0 aromatic heterocycles. The number of hydrogen-bond acceptors (Lipinski definition) is 3. The number of hydrogen-bond donors (Lipinski definition) is 2. The summed E-state index contributed by atoms with van der Waals surface area (Å²) in [5.74, 6) is -1.03. The number of aryl methyl sites for hydroxylation is 2. The van der Waals surface area contributed by atoms with E-state index in [9.17, 15) is 9.59 Å². The first-order valence-corrected chi connectivity index (χ1v) is 7.28. The number of nitrogens with zero attached hydrogens (tertiary/aromatic N) is 1. The first-order valence-electron chi connectivity index (χ1n) is 7.28. The Bertz CT molecular complexity index is 514. The third-order valence-corrected chi connectivity index (χ3v) is 3.86. The molecule has 1 aromatic rings. The predicted molar refractivity (Wildman–Crippen MR) is 81.3 cm³/mol. The molecule has 1 aromatic carbocycles. The van der Waals surface area contributed by atoms with Gasteiger partial charge in [0.05, 0.1) is 12.5 Å². The quantitative estimate of drug-likeness (QED) is 0.890. The molecule has 5 heteroatoms. The summed E-state index contributed by atoms with van der Waals surface area (Å²) in [6, 6.07) is 6.11. The van der Waals surface area contributed by atoms with Gasteiger partial charge in [-0.3, -0.25) is 9.59 Å². The monoisotopic (exact) mass is 290 g/mol. The van der Waals surface area contributed by atoms with Crippen LogP contribution < -0.4 is 5.32 Å². The molecule has 0 unspecified atom stereocenters. The Balaban J connectivity index is 1.84. The highest BCUT2D eigenvalue weighted by Crippen LogP contribution is 2.18. The third-order valence-electron chi connectivity index (χ3n) is 3.86. The number of likely N-dealkylation sites (tertiary alicyclic amines) is 1. The van der Waals surface area contributed by atoms with Crippen LogP contribution in [-0.4, -0.2) is 41.5 Å². The maximum Gasteiger partial charge on any atom is 0.306 e. The largest absolute Gasteiger partial charge is 0.481 e. The number of rotatable bonds is 4. The van der Waals surface area contributed by atoms with Crippen LogP contribution in [0.3, 0.4) is 0 Å². The summed E-state index contributed by atoms with van der Waals surface area (Å²) in [6.45, 7) is 5.36. The molecule has 1 saturated heterocycles. The molecular weight excluding hydrogens is 268 g/mol. The molecule has 5 nitrogen and oxygen atoms in total. The molecule has 0 saturated carbocycles. The van der Waals surface area contributed by atoms with Gasteiger partial charge in [-0.2, -0.15) is 0 Å². The molecule has 0 bridgehead atoms. The van der Waals surface area contributed by atoms with Crippen LogP contribution in [0.5, 0.6) is 0 Å². The number of benzene rings is 1. The van der Waals surface area contributed by atoms with Crippen molar-refractivity contribution in [3.63, 3.8) is 0 Å². The summed E-state index contributed by atoms with van der Waals surface area (Å²) in [5, 5.41) is 12.1. The van der Waals surface area contributed by atoms with Crippen molar-refractivity contribution in [2.24, 2.45) is 5.92 Å². The summed E-state index contributed by atoms with van der Waals surface area (Å²) in [4.78, 5) is 24.8. The summed E-state index contributed by atoms with van der Waals surface area (Å²) in [5.41, 5.74) is 3.26. The van der Waals surface area contributed by atoms with E-state index in [2.05, 4.69) is 11.4 Å². The molecule has 0 spiro atoms. The van der Waals surface area contributed by atoms with Gasteiger partial charge < -0.3 is 15.3 Å². The highest BCUT2D eigenvalue weighted by molar-refractivity contribution is 5.81. The first-order chi connectivity index (χ1) is 9.95. The minimum Gasteiger partial charge on any atom is -0.481 e. The fourth-order valence-corrected chi connectivity index (χ4v) is 2.74. The lowest BCUT2D eigenvalue weighted by Gasteiger charge is -2.30. The minimum atomic E-state index is -0.754. The van der Waals surface area contributed by atoms with Crippen molar-refractivity contribution in [2.45, 2.75) is 26.7 Å². The molecule has 0 aliphatic carbocycles. The third kappa shape index (κ3) is 4.21. The lowest BCUT2D eigenvalue weighted by molar-refractivity contribution is -0.145. The fraction of sp³-hybridized carbons (Fsp3) is 0.500. The molecule has 2 N–H and O–H groups in total. The first kappa shape index (κ1) is 15.4. The van der Waals surface area contributed by atoms with Crippen LogP contribution in [0.15, 0.2) is 18.2 Å². The van der Waals surface area contributed by atoms with Crippen molar-refractivity contribution in [3.8, 4) is 0 Å². The Morgan fingerprint density at radius 3 is 2.29 bits per heavy atom. The molecule has 2 rings (SSSR count). The zero-order chi connectivity index (χ0) is 15.4. The number of carboxylic acids is 1.